The Morgan fingerprint density at radius 2 is 1.96 bits per heavy atom. The summed E-state index contributed by atoms with van der Waals surface area (Å²) in [5.74, 6) is -0.0841. The van der Waals surface area contributed by atoms with Crippen molar-refractivity contribution in [1.82, 2.24) is 5.32 Å². The van der Waals surface area contributed by atoms with Crippen LogP contribution in [0.1, 0.15) is 48.9 Å². The quantitative estimate of drug-likeness (QED) is 0.630. The van der Waals surface area contributed by atoms with Gasteiger partial charge in [0.05, 0.1) is 5.69 Å². The fraction of sp³-hybridized carbons (Fsp3) is 0.400. The molecule has 138 valence electrons. The van der Waals surface area contributed by atoms with Crippen LogP contribution in [0.4, 0.5) is 5.69 Å². The van der Waals surface area contributed by atoms with E-state index < -0.39 is 0 Å². The van der Waals surface area contributed by atoms with Gasteiger partial charge in [-0.3, -0.25) is 9.59 Å². The monoisotopic (exact) mass is 388 g/mol. The predicted molar refractivity (Wildman–Crippen MR) is 109 cm³/mol. The fourth-order valence-corrected chi connectivity index (χ4v) is 4.99. The van der Waals surface area contributed by atoms with Crippen molar-refractivity contribution in [3.63, 3.8) is 0 Å². The number of rotatable bonds is 8. The van der Waals surface area contributed by atoms with E-state index in [9.17, 15) is 9.59 Å². The van der Waals surface area contributed by atoms with E-state index >= 15 is 0 Å². The Labute approximate surface area is 162 Å². The van der Waals surface area contributed by atoms with Crippen LogP contribution in [-0.4, -0.2) is 23.6 Å². The molecule has 1 fully saturated rings. The van der Waals surface area contributed by atoms with E-state index in [1.54, 1.807) is 6.07 Å². The summed E-state index contributed by atoms with van der Waals surface area (Å²) in [6, 6.07) is 9.82. The molecule has 0 unspecified atom stereocenters. The normalized spacial score (nSPS) is 14.3. The van der Waals surface area contributed by atoms with Crippen LogP contribution in [-0.2, 0) is 4.79 Å². The maximum Gasteiger partial charge on any atom is 0.252 e. The minimum Gasteiger partial charge on any atom is -0.352 e. The lowest BCUT2D eigenvalue weighted by Crippen LogP contribution is -2.25. The maximum atomic E-state index is 12.2. The number of carbonyl (C=O) groups excluding carboxylic acids is 2. The van der Waals surface area contributed by atoms with Crippen LogP contribution in [0, 0.1) is 0 Å². The van der Waals surface area contributed by atoms with Crippen molar-refractivity contribution in [1.29, 1.82) is 0 Å². The lowest BCUT2D eigenvalue weighted by Gasteiger charge is -2.14. The van der Waals surface area contributed by atoms with Crippen molar-refractivity contribution in [3.05, 3.63) is 46.7 Å². The van der Waals surface area contributed by atoms with Crippen molar-refractivity contribution in [2.75, 3.05) is 11.9 Å². The van der Waals surface area contributed by atoms with Gasteiger partial charge in [-0.2, -0.15) is 11.3 Å². The first kappa shape index (κ1) is 19.0. The van der Waals surface area contributed by atoms with Gasteiger partial charge in [0, 0.05) is 34.1 Å². The number of thioether (sulfide) groups is 1. The number of amides is 2. The molecule has 1 aliphatic carbocycles. The molecule has 26 heavy (non-hydrogen) atoms. The van der Waals surface area contributed by atoms with Crippen LogP contribution in [0.5, 0.6) is 0 Å². The van der Waals surface area contributed by atoms with Gasteiger partial charge >= 0.3 is 0 Å². The minimum absolute atomic E-state index is 0.00532. The summed E-state index contributed by atoms with van der Waals surface area (Å²) in [5.41, 5.74) is 1.58. The third kappa shape index (κ3) is 5.61. The molecule has 0 saturated heterocycles. The molecular weight excluding hydrogens is 364 g/mol. The molecule has 0 spiro atoms. The zero-order valence-electron chi connectivity index (χ0n) is 14.7. The van der Waals surface area contributed by atoms with Gasteiger partial charge < -0.3 is 10.6 Å². The van der Waals surface area contributed by atoms with Gasteiger partial charge in [0.25, 0.3) is 5.91 Å². The summed E-state index contributed by atoms with van der Waals surface area (Å²) in [6.45, 7) is 0.501. The maximum absolute atomic E-state index is 12.2. The Hall–Kier alpha value is -1.79. The number of hydrogen-bond donors (Lipinski definition) is 2. The molecule has 0 bridgehead atoms. The Bertz CT molecular complexity index is 725. The van der Waals surface area contributed by atoms with Crippen LogP contribution < -0.4 is 10.6 Å². The molecule has 1 saturated carbocycles. The van der Waals surface area contributed by atoms with E-state index in [4.69, 9.17) is 0 Å². The molecule has 1 aromatic heterocycles. The molecule has 6 heteroatoms. The first-order valence-corrected chi connectivity index (χ1v) is 10.9. The molecule has 0 radical (unpaired) electrons. The summed E-state index contributed by atoms with van der Waals surface area (Å²) in [5, 5.41) is 10.2. The molecule has 3 rings (SSSR count). The highest BCUT2D eigenvalue weighted by Crippen LogP contribution is 2.38. The summed E-state index contributed by atoms with van der Waals surface area (Å²) in [6.07, 6.45) is 6.16. The number of thiophene rings is 1. The standard InChI is InChI=1S/C20H24N2O2S2/c23-19(10-5-12-21-20(24)15-11-13-25-14-15)22-17-8-3-4-9-18(17)26-16-6-1-2-7-16/h3-4,8-9,11,13-14,16H,1-2,5-7,10,12H2,(H,21,24)(H,22,23). The second kappa shape index (κ2) is 9.78. The lowest BCUT2D eigenvalue weighted by molar-refractivity contribution is -0.116. The molecule has 2 N–H and O–H groups in total. The summed E-state index contributed by atoms with van der Waals surface area (Å²) < 4.78 is 0. The highest BCUT2D eigenvalue weighted by atomic mass is 32.2. The van der Waals surface area contributed by atoms with Gasteiger partial charge in [0.15, 0.2) is 0 Å². The summed E-state index contributed by atoms with van der Waals surface area (Å²) in [4.78, 5) is 25.2. The zero-order chi connectivity index (χ0) is 18.2. The van der Waals surface area contributed by atoms with Gasteiger partial charge in [-0.05, 0) is 42.8 Å². The van der Waals surface area contributed by atoms with Crippen LogP contribution in [0.25, 0.3) is 0 Å². The fourth-order valence-electron chi connectivity index (χ4n) is 3.02. The predicted octanol–water partition coefficient (Wildman–Crippen LogP) is 4.93. The topological polar surface area (TPSA) is 58.2 Å². The molecular formula is C20H24N2O2S2. The smallest absolute Gasteiger partial charge is 0.252 e. The van der Waals surface area contributed by atoms with E-state index in [1.807, 2.05) is 40.7 Å². The molecule has 1 aromatic carbocycles. The van der Waals surface area contributed by atoms with Crippen LogP contribution in [0.2, 0.25) is 0 Å². The molecule has 0 atom stereocenters. The third-order valence-electron chi connectivity index (χ3n) is 4.41. The molecule has 1 heterocycles. The second-order valence-corrected chi connectivity index (χ2v) is 8.56. The number of carbonyl (C=O) groups is 2. The number of para-hydroxylation sites is 1. The average Bonchev–Trinajstić information content (AvgIpc) is 3.34. The van der Waals surface area contributed by atoms with Gasteiger partial charge in [-0.1, -0.05) is 25.0 Å². The third-order valence-corrected chi connectivity index (χ3v) is 6.50. The Balaban J connectivity index is 1.42. The van der Waals surface area contributed by atoms with Gasteiger partial charge in [-0.25, -0.2) is 0 Å². The minimum atomic E-state index is -0.0787. The second-order valence-electron chi connectivity index (χ2n) is 6.44. The number of anilines is 1. The first-order valence-electron chi connectivity index (χ1n) is 9.08. The highest BCUT2D eigenvalue weighted by Gasteiger charge is 2.18. The SMILES string of the molecule is O=C(CCCNC(=O)c1ccsc1)Nc1ccccc1SC1CCCC1. The summed E-state index contributed by atoms with van der Waals surface area (Å²) >= 11 is 3.38. The van der Waals surface area contributed by atoms with Crippen LogP contribution >= 0.6 is 23.1 Å². The lowest BCUT2D eigenvalue weighted by atomic mass is 10.2. The first-order chi connectivity index (χ1) is 12.7. The van der Waals surface area contributed by atoms with Crippen LogP contribution in [0.15, 0.2) is 46.0 Å². The average molecular weight is 389 g/mol. The number of benzene rings is 1. The molecule has 0 aliphatic heterocycles. The number of nitrogens with one attached hydrogen (secondary N) is 2. The molecule has 2 amide bonds. The van der Waals surface area contributed by atoms with Crippen LogP contribution in [0.3, 0.4) is 0 Å². The van der Waals surface area contributed by atoms with Gasteiger partial charge in [0.1, 0.15) is 0 Å². The Morgan fingerprint density at radius 1 is 1.15 bits per heavy atom. The van der Waals surface area contributed by atoms with Gasteiger partial charge in [0.2, 0.25) is 5.91 Å². The van der Waals surface area contributed by atoms with Crippen molar-refractivity contribution in [3.8, 4) is 0 Å². The van der Waals surface area contributed by atoms with Crippen molar-refractivity contribution < 1.29 is 9.59 Å². The molecule has 2 aromatic rings. The zero-order valence-corrected chi connectivity index (χ0v) is 16.3. The van der Waals surface area contributed by atoms with Crippen molar-refractivity contribution >= 4 is 40.6 Å². The Kier molecular flexibility index (Phi) is 7.14. The molecule has 1 aliphatic rings. The van der Waals surface area contributed by atoms with E-state index in [1.165, 1.54) is 37.0 Å². The van der Waals surface area contributed by atoms with E-state index in [0.717, 1.165) is 10.6 Å². The highest BCUT2D eigenvalue weighted by molar-refractivity contribution is 8.00. The van der Waals surface area contributed by atoms with E-state index in [-0.39, 0.29) is 11.8 Å². The molecule has 4 nitrogen and oxygen atoms in total. The van der Waals surface area contributed by atoms with E-state index in [0.29, 0.717) is 30.2 Å². The van der Waals surface area contributed by atoms with E-state index in [2.05, 4.69) is 16.7 Å². The van der Waals surface area contributed by atoms with Crippen molar-refractivity contribution in [2.45, 2.75) is 48.7 Å². The van der Waals surface area contributed by atoms with Gasteiger partial charge in [-0.15, -0.1) is 11.8 Å². The van der Waals surface area contributed by atoms with Crippen molar-refractivity contribution in [2.24, 2.45) is 0 Å². The largest absolute Gasteiger partial charge is 0.352 e. The number of hydrogen-bond acceptors (Lipinski definition) is 4. The summed E-state index contributed by atoms with van der Waals surface area (Å²) in [7, 11) is 0. The Morgan fingerprint density at radius 3 is 2.73 bits per heavy atom.